The number of amides is 1. The van der Waals surface area contributed by atoms with E-state index < -0.39 is 0 Å². The highest BCUT2D eigenvalue weighted by Crippen LogP contribution is 2.28. The van der Waals surface area contributed by atoms with Gasteiger partial charge in [-0.1, -0.05) is 31.5 Å². The Hall–Kier alpha value is -1.75. The maximum atomic E-state index is 12.7. The van der Waals surface area contributed by atoms with Gasteiger partial charge in [0, 0.05) is 17.7 Å². The number of hydrogen-bond donors (Lipinski definition) is 1. The predicted molar refractivity (Wildman–Crippen MR) is 86.8 cm³/mol. The van der Waals surface area contributed by atoms with E-state index in [1.54, 1.807) is 12.1 Å². The molecule has 1 aromatic carbocycles. The summed E-state index contributed by atoms with van der Waals surface area (Å²) < 4.78 is 0. The minimum Gasteiger partial charge on any atom is -0.325 e. The van der Waals surface area contributed by atoms with Crippen molar-refractivity contribution in [3.8, 4) is 0 Å². The Kier molecular flexibility index (Phi) is 4.01. The number of pyridine rings is 1. The van der Waals surface area contributed by atoms with E-state index in [2.05, 4.69) is 11.9 Å². The lowest BCUT2D eigenvalue weighted by Gasteiger charge is -2.23. The standard InChI is InChI=1S/C16H18N2O2S/c1-2-5-14-18(8-9-21-14)16(20)13-10-11-6-3-4-7-12(11)15(19)17-13/h3-4,6-7,10,14H,2,5,8-9H2,1H3,(H,17,19)/t14-/m1/s1. The van der Waals surface area contributed by atoms with E-state index in [1.165, 1.54) is 0 Å². The first-order valence-electron chi connectivity index (χ1n) is 7.25. The van der Waals surface area contributed by atoms with Crippen LogP contribution in [0.25, 0.3) is 10.8 Å². The second-order valence-corrected chi connectivity index (χ2v) is 6.50. The van der Waals surface area contributed by atoms with Crippen molar-refractivity contribution in [3.63, 3.8) is 0 Å². The molecule has 1 amide bonds. The molecule has 0 bridgehead atoms. The number of aromatic nitrogens is 1. The van der Waals surface area contributed by atoms with Gasteiger partial charge in [-0.2, -0.15) is 0 Å². The lowest BCUT2D eigenvalue weighted by molar-refractivity contribution is 0.0750. The first-order chi connectivity index (χ1) is 10.2. The van der Waals surface area contributed by atoms with Crippen LogP contribution in [0.2, 0.25) is 0 Å². The van der Waals surface area contributed by atoms with Gasteiger partial charge in [0.15, 0.2) is 0 Å². The van der Waals surface area contributed by atoms with E-state index in [-0.39, 0.29) is 16.8 Å². The van der Waals surface area contributed by atoms with Crippen LogP contribution in [0, 0.1) is 0 Å². The van der Waals surface area contributed by atoms with Gasteiger partial charge in [-0.25, -0.2) is 0 Å². The summed E-state index contributed by atoms with van der Waals surface area (Å²) >= 11 is 1.82. The van der Waals surface area contributed by atoms with Crippen LogP contribution >= 0.6 is 11.8 Å². The number of carbonyl (C=O) groups is 1. The molecule has 2 aromatic rings. The average Bonchev–Trinajstić information content (AvgIpc) is 2.95. The summed E-state index contributed by atoms with van der Waals surface area (Å²) in [4.78, 5) is 29.4. The van der Waals surface area contributed by atoms with E-state index in [0.717, 1.165) is 30.5 Å². The molecule has 0 unspecified atom stereocenters. The third-order valence-electron chi connectivity index (χ3n) is 3.77. The summed E-state index contributed by atoms with van der Waals surface area (Å²) in [7, 11) is 0. The summed E-state index contributed by atoms with van der Waals surface area (Å²) in [6.45, 7) is 2.88. The molecule has 3 rings (SSSR count). The van der Waals surface area contributed by atoms with Crippen LogP contribution in [0.4, 0.5) is 0 Å². The highest BCUT2D eigenvalue weighted by atomic mass is 32.2. The molecule has 1 fully saturated rings. The molecule has 21 heavy (non-hydrogen) atoms. The summed E-state index contributed by atoms with van der Waals surface area (Å²) in [5.41, 5.74) is 0.192. The van der Waals surface area contributed by atoms with Crippen molar-refractivity contribution in [2.45, 2.75) is 25.1 Å². The molecule has 1 aliphatic rings. The zero-order valence-corrected chi connectivity index (χ0v) is 12.8. The fraction of sp³-hybridized carbons (Fsp3) is 0.375. The summed E-state index contributed by atoms with van der Waals surface area (Å²) in [6.07, 6.45) is 2.05. The molecule has 1 N–H and O–H groups in total. The fourth-order valence-corrected chi connectivity index (χ4v) is 4.08. The molecule has 110 valence electrons. The van der Waals surface area contributed by atoms with Crippen molar-refractivity contribution < 1.29 is 4.79 Å². The number of hydrogen-bond acceptors (Lipinski definition) is 3. The van der Waals surface area contributed by atoms with E-state index in [0.29, 0.717) is 11.1 Å². The van der Waals surface area contributed by atoms with Gasteiger partial charge in [0.05, 0.1) is 5.37 Å². The Bertz CT molecular complexity index is 726. The Morgan fingerprint density at radius 1 is 1.43 bits per heavy atom. The topological polar surface area (TPSA) is 53.2 Å². The Morgan fingerprint density at radius 3 is 3.05 bits per heavy atom. The van der Waals surface area contributed by atoms with Crippen molar-refractivity contribution in [2.75, 3.05) is 12.3 Å². The van der Waals surface area contributed by atoms with Crippen LogP contribution in [0.1, 0.15) is 30.3 Å². The lowest BCUT2D eigenvalue weighted by atomic mass is 10.1. The molecule has 0 spiro atoms. The molecule has 0 aliphatic carbocycles. The maximum Gasteiger partial charge on any atom is 0.271 e. The first kappa shape index (κ1) is 14.2. The van der Waals surface area contributed by atoms with Gasteiger partial charge >= 0.3 is 0 Å². The number of nitrogens with one attached hydrogen (secondary N) is 1. The smallest absolute Gasteiger partial charge is 0.271 e. The minimum absolute atomic E-state index is 0.0682. The molecular formula is C16H18N2O2S. The molecule has 0 saturated carbocycles. The van der Waals surface area contributed by atoms with Crippen LogP contribution < -0.4 is 5.56 Å². The van der Waals surface area contributed by atoms with E-state index in [4.69, 9.17) is 0 Å². The molecule has 0 radical (unpaired) electrons. The maximum absolute atomic E-state index is 12.7. The highest BCUT2D eigenvalue weighted by molar-refractivity contribution is 8.00. The number of nitrogens with zero attached hydrogens (tertiary/aromatic N) is 1. The number of rotatable bonds is 3. The summed E-state index contributed by atoms with van der Waals surface area (Å²) in [6, 6.07) is 9.12. The number of fused-ring (bicyclic) bond motifs is 1. The third kappa shape index (κ3) is 2.70. The van der Waals surface area contributed by atoms with Crippen molar-refractivity contribution in [3.05, 3.63) is 46.4 Å². The van der Waals surface area contributed by atoms with Crippen molar-refractivity contribution in [1.29, 1.82) is 0 Å². The SMILES string of the molecule is CCC[C@H]1SCCN1C(=O)c1cc2ccccc2c(=O)[nH]1. The van der Waals surface area contributed by atoms with Gasteiger partial charge in [0.1, 0.15) is 5.69 Å². The van der Waals surface area contributed by atoms with Crippen molar-refractivity contribution in [1.82, 2.24) is 9.88 Å². The molecular weight excluding hydrogens is 284 g/mol. The highest BCUT2D eigenvalue weighted by Gasteiger charge is 2.29. The van der Waals surface area contributed by atoms with Crippen LogP contribution in [0.5, 0.6) is 0 Å². The number of aromatic amines is 1. The van der Waals surface area contributed by atoms with E-state index in [1.807, 2.05) is 34.9 Å². The first-order valence-corrected chi connectivity index (χ1v) is 8.30. The fourth-order valence-electron chi connectivity index (χ4n) is 2.72. The minimum atomic E-state index is -0.199. The van der Waals surface area contributed by atoms with Crippen LogP contribution in [-0.4, -0.2) is 33.5 Å². The number of benzene rings is 1. The number of H-pyrrole nitrogens is 1. The van der Waals surface area contributed by atoms with Gasteiger partial charge in [0.2, 0.25) is 0 Å². The molecule has 1 aliphatic heterocycles. The summed E-state index contributed by atoms with van der Waals surface area (Å²) in [5, 5.41) is 1.66. The normalized spacial score (nSPS) is 18.3. The molecule has 1 saturated heterocycles. The van der Waals surface area contributed by atoms with E-state index >= 15 is 0 Å². The van der Waals surface area contributed by atoms with Gasteiger partial charge in [0.25, 0.3) is 11.5 Å². The van der Waals surface area contributed by atoms with Gasteiger partial charge in [-0.3, -0.25) is 9.59 Å². The molecule has 4 nitrogen and oxygen atoms in total. The van der Waals surface area contributed by atoms with Gasteiger partial charge < -0.3 is 9.88 Å². The Balaban J connectivity index is 1.96. The van der Waals surface area contributed by atoms with Gasteiger partial charge in [-0.15, -0.1) is 11.8 Å². The van der Waals surface area contributed by atoms with Crippen LogP contribution in [0.3, 0.4) is 0 Å². The Labute approximate surface area is 127 Å². The third-order valence-corrected chi connectivity index (χ3v) is 5.06. The molecule has 2 heterocycles. The zero-order valence-electron chi connectivity index (χ0n) is 12.0. The van der Waals surface area contributed by atoms with E-state index in [9.17, 15) is 9.59 Å². The van der Waals surface area contributed by atoms with Gasteiger partial charge in [-0.05, 0) is 23.9 Å². The second-order valence-electron chi connectivity index (χ2n) is 5.21. The summed E-state index contributed by atoms with van der Waals surface area (Å²) in [5.74, 6) is 0.898. The lowest BCUT2D eigenvalue weighted by Crippen LogP contribution is -2.36. The number of carbonyl (C=O) groups excluding carboxylic acids is 1. The average molecular weight is 302 g/mol. The molecule has 1 atom stereocenters. The quantitative estimate of drug-likeness (QED) is 0.948. The molecule has 1 aromatic heterocycles. The molecule has 5 heteroatoms. The zero-order chi connectivity index (χ0) is 14.8. The van der Waals surface area contributed by atoms with Crippen molar-refractivity contribution in [2.24, 2.45) is 0 Å². The van der Waals surface area contributed by atoms with Crippen molar-refractivity contribution >= 4 is 28.4 Å². The second kappa shape index (κ2) is 5.93. The monoisotopic (exact) mass is 302 g/mol. The number of thioether (sulfide) groups is 1. The largest absolute Gasteiger partial charge is 0.325 e. The van der Waals surface area contributed by atoms with Crippen LogP contribution in [0.15, 0.2) is 35.1 Å². The predicted octanol–water partition coefficient (Wildman–Crippen LogP) is 2.84. The van der Waals surface area contributed by atoms with Crippen LogP contribution in [-0.2, 0) is 0 Å². The Morgan fingerprint density at radius 2 is 2.24 bits per heavy atom.